The summed E-state index contributed by atoms with van der Waals surface area (Å²) in [6.07, 6.45) is 0.199. The summed E-state index contributed by atoms with van der Waals surface area (Å²) in [6, 6.07) is 8.08. The number of morpholine rings is 1. The zero-order chi connectivity index (χ0) is 18.8. The number of ether oxygens (including phenoxy) is 2. The Kier molecular flexibility index (Phi) is 11.7. The molecule has 0 aliphatic carbocycles. The van der Waals surface area contributed by atoms with Gasteiger partial charge in [-0.05, 0) is 30.5 Å². The molecule has 7 heteroatoms. The highest BCUT2D eigenvalue weighted by atomic mass is 127. The molecule has 154 valence electrons. The molecule has 1 atom stereocenters. The molecule has 1 aromatic rings. The van der Waals surface area contributed by atoms with Gasteiger partial charge in [0.1, 0.15) is 12.4 Å². The number of hydrogen-bond donors (Lipinski definition) is 2. The Balaban J connectivity index is 0.00000364. The smallest absolute Gasteiger partial charge is 0.191 e. The van der Waals surface area contributed by atoms with Crippen molar-refractivity contribution in [3.8, 4) is 5.75 Å². The minimum Gasteiger partial charge on any atom is -0.492 e. The van der Waals surface area contributed by atoms with Gasteiger partial charge >= 0.3 is 0 Å². The van der Waals surface area contributed by atoms with Crippen molar-refractivity contribution in [2.24, 2.45) is 10.9 Å². The predicted octanol–water partition coefficient (Wildman–Crippen LogP) is 2.51. The second-order valence-electron chi connectivity index (χ2n) is 7.19. The third kappa shape index (κ3) is 9.62. The SMILES string of the molecule is CN=C(NCCOc1cccc(C)c1)NCC1CN(CC(C)C)CCO1.I. The average Bonchev–Trinajstić information content (AvgIpc) is 2.61. The fourth-order valence-electron chi connectivity index (χ4n) is 3.06. The zero-order valence-corrected chi connectivity index (χ0v) is 19.4. The van der Waals surface area contributed by atoms with Crippen LogP contribution in [0.2, 0.25) is 0 Å². The Bertz CT molecular complexity index is 569. The van der Waals surface area contributed by atoms with Gasteiger partial charge in [-0.25, -0.2) is 0 Å². The molecular weight excluding hydrogens is 455 g/mol. The van der Waals surface area contributed by atoms with Gasteiger partial charge in [0.15, 0.2) is 5.96 Å². The molecule has 1 heterocycles. The van der Waals surface area contributed by atoms with Crippen LogP contribution in [0.25, 0.3) is 0 Å². The summed E-state index contributed by atoms with van der Waals surface area (Å²) in [5.74, 6) is 2.36. The number of hydrogen-bond acceptors (Lipinski definition) is 4. The summed E-state index contributed by atoms with van der Waals surface area (Å²) in [6.45, 7) is 12.5. The molecule has 0 spiro atoms. The summed E-state index contributed by atoms with van der Waals surface area (Å²) in [5.41, 5.74) is 1.20. The third-order valence-corrected chi connectivity index (χ3v) is 4.22. The van der Waals surface area contributed by atoms with E-state index in [1.165, 1.54) is 5.56 Å². The second kappa shape index (κ2) is 13.2. The molecule has 0 bridgehead atoms. The first-order valence-corrected chi connectivity index (χ1v) is 9.54. The van der Waals surface area contributed by atoms with E-state index in [2.05, 4.69) is 47.4 Å². The monoisotopic (exact) mass is 490 g/mol. The molecule has 1 saturated heterocycles. The first-order chi connectivity index (χ1) is 12.6. The number of halogens is 1. The summed E-state index contributed by atoms with van der Waals surface area (Å²) >= 11 is 0. The number of nitrogens with zero attached hydrogens (tertiary/aromatic N) is 2. The molecule has 0 radical (unpaired) electrons. The number of benzene rings is 1. The van der Waals surface area contributed by atoms with Crippen molar-refractivity contribution in [2.45, 2.75) is 26.9 Å². The normalized spacial score (nSPS) is 18.1. The Labute approximate surface area is 181 Å². The van der Waals surface area contributed by atoms with Gasteiger partial charge in [0.25, 0.3) is 0 Å². The molecule has 6 nitrogen and oxygen atoms in total. The second-order valence-corrected chi connectivity index (χ2v) is 7.19. The molecule has 1 aromatic carbocycles. The van der Waals surface area contributed by atoms with Gasteiger partial charge in [0.2, 0.25) is 0 Å². The highest BCUT2D eigenvalue weighted by Crippen LogP contribution is 2.11. The fraction of sp³-hybridized carbons (Fsp3) is 0.650. The summed E-state index contributed by atoms with van der Waals surface area (Å²) in [4.78, 5) is 6.75. The lowest BCUT2D eigenvalue weighted by Crippen LogP contribution is -2.50. The van der Waals surface area contributed by atoms with Gasteiger partial charge in [-0.1, -0.05) is 26.0 Å². The van der Waals surface area contributed by atoms with E-state index in [4.69, 9.17) is 9.47 Å². The maximum atomic E-state index is 5.87. The molecular formula is C20H35IN4O2. The van der Waals surface area contributed by atoms with Crippen LogP contribution in [0.5, 0.6) is 5.75 Å². The van der Waals surface area contributed by atoms with Crippen molar-refractivity contribution in [1.29, 1.82) is 0 Å². The Hall–Kier alpha value is -1.06. The van der Waals surface area contributed by atoms with Crippen molar-refractivity contribution in [2.75, 3.05) is 53.0 Å². The van der Waals surface area contributed by atoms with Crippen LogP contribution in [-0.4, -0.2) is 69.9 Å². The van der Waals surface area contributed by atoms with Crippen LogP contribution in [0.3, 0.4) is 0 Å². The minimum atomic E-state index is 0. The van der Waals surface area contributed by atoms with E-state index in [0.29, 0.717) is 19.1 Å². The van der Waals surface area contributed by atoms with Crippen LogP contribution in [-0.2, 0) is 4.74 Å². The summed E-state index contributed by atoms with van der Waals surface area (Å²) < 4.78 is 11.6. The van der Waals surface area contributed by atoms with Crippen LogP contribution in [0.15, 0.2) is 29.3 Å². The van der Waals surface area contributed by atoms with Gasteiger partial charge < -0.3 is 20.1 Å². The molecule has 27 heavy (non-hydrogen) atoms. The predicted molar refractivity (Wildman–Crippen MR) is 122 cm³/mol. The lowest BCUT2D eigenvalue weighted by molar-refractivity contribution is -0.0284. The van der Waals surface area contributed by atoms with E-state index < -0.39 is 0 Å². The molecule has 2 N–H and O–H groups in total. The molecule has 1 aliphatic rings. The standard InChI is InChI=1S/C20H34N4O2.HI/c1-16(2)14-24-9-11-26-19(15-24)13-23-20(21-4)22-8-10-25-18-7-5-6-17(3)12-18;/h5-7,12,16,19H,8-11,13-15H2,1-4H3,(H2,21,22,23);1H. The van der Waals surface area contributed by atoms with Crippen LogP contribution < -0.4 is 15.4 Å². The zero-order valence-electron chi connectivity index (χ0n) is 17.0. The first-order valence-electron chi connectivity index (χ1n) is 9.54. The Morgan fingerprint density at radius 2 is 2.19 bits per heavy atom. The maximum absolute atomic E-state index is 5.87. The molecule has 0 aromatic heterocycles. The van der Waals surface area contributed by atoms with Crippen LogP contribution in [0.1, 0.15) is 19.4 Å². The highest BCUT2D eigenvalue weighted by Gasteiger charge is 2.20. The van der Waals surface area contributed by atoms with Gasteiger partial charge in [-0.3, -0.25) is 9.89 Å². The maximum Gasteiger partial charge on any atom is 0.191 e. The molecule has 2 rings (SSSR count). The fourth-order valence-corrected chi connectivity index (χ4v) is 3.06. The van der Waals surface area contributed by atoms with Crippen molar-refractivity contribution in [1.82, 2.24) is 15.5 Å². The highest BCUT2D eigenvalue weighted by molar-refractivity contribution is 14.0. The van der Waals surface area contributed by atoms with Gasteiger partial charge in [0, 0.05) is 33.2 Å². The minimum absolute atomic E-state index is 0. The Morgan fingerprint density at radius 1 is 1.37 bits per heavy atom. The third-order valence-electron chi connectivity index (χ3n) is 4.22. The quantitative estimate of drug-likeness (QED) is 0.254. The molecule has 0 saturated carbocycles. The molecule has 1 unspecified atom stereocenters. The van der Waals surface area contributed by atoms with Crippen LogP contribution in [0, 0.1) is 12.8 Å². The van der Waals surface area contributed by atoms with Gasteiger partial charge in [-0.2, -0.15) is 0 Å². The van der Waals surface area contributed by atoms with E-state index in [-0.39, 0.29) is 30.1 Å². The molecule has 0 amide bonds. The summed E-state index contributed by atoms with van der Waals surface area (Å²) in [5, 5.41) is 6.63. The molecule has 1 aliphatic heterocycles. The van der Waals surface area contributed by atoms with E-state index in [1.54, 1.807) is 7.05 Å². The van der Waals surface area contributed by atoms with E-state index in [0.717, 1.165) is 44.5 Å². The number of nitrogens with one attached hydrogen (secondary N) is 2. The van der Waals surface area contributed by atoms with E-state index in [1.807, 2.05) is 18.2 Å². The number of aliphatic imine (C=N–C) groups is 1. The lowest BCUT2D eigenvalue weighted by Gasteiger charge is -2.34. The topological polar surface area (TPSA) is 58.1 Å². The Morgan fingerprint density at radius 3 is 2.89 bits per heavy atom. The van der Waals surface area contributed by atoms with Crippen molar-refractivity contribution in [3.63, 3.8) is 0 Å². The number of rotatable bonds is 8. The summed E-state index contributed by atoms with van der Waals surface area (Å²) in [7, 11) is 1.78. The van der Waals surface area contributed by atoms with Crippen LogP contribution in [0.4, 0.5) is 0 Å². The van der Waals surface area contributed by atoms with Gasteiger partial charge in [-0.15, -0.1) is 24.0 Å². The van der Waals surface area contributed by atoms with Crippen molar-refractivity contribution in [3.05, 3.63) is 29.8 Å². The average molecular weight is 490 g/mol. The number of guanidine groups is 1. The van der Waals surface area contributed by atoms with Crippen molar-refractivity contribution >= 4 is 29.9 Å². The molecule has 1 fully saturated rings. The van der Waals surface area contributed by atoms with E-state index >= 15 is 0 Å². The van der Waals surface area contributed by atoms with E-state index in [9.17, 15) is 0 Å². The number of aryl methyl sites for hydroxylation is 1. The van der Waals surface area contributed by atoms with Crippen LogP contribution >= 0.6 is 24.0 Å². The van der Waals surface area contributed by atoms with Gasteiger partial charge in [0.05, 0.1) is 19.3 Å². The largest absolute Gasteiger partial charge is 0.492 e. The first kappa shape index (κ1) is 24.0. The van der Waals surface area contributed by atoms with Crippen molar-refractivity contribution < 1.29 is 9.47 Å². The lowest BCUT2D eigenvalue weighted by atomic mass is 10.2.